The number of rotatable bonds is 4. The third-order valence-corrected chi connectivity index (χ3v) is 7.15. The number of halogens is 1. The fourth-order valence-corrected chi connectivity index (χ4v) is 4.96. The van der Waals surface area contributed by atoms with E-state index in [1.54, 1.807) is 11.5 Å². The number of nitrogens with zero attached hydrogens (tertiary/aromatic N) is 3. The number of carboxylic acid groups (broad SMARTS) is 1. The largest absolute Gasteiger partial charge is 0.508 e. The van der Waals surface area contributed by atoms with Crippen molar-refractivity contribution in [1.82, 2.24) is 9.47 Å². The zero-order valence-electron chi connectivity index (χ0n) is 21.0. The van der Waals surface area contributed by atoms with E-state index in [1.165, 1.54) is 6.20 Å². The number of hydrogen-bond acceptors (Lipinski definition) is 12. The van der Waals surface area contributed by atoms with Crippen LogP contribution in [0, 0.1) is 5.82 Å². The number of pyridine rings is 1. The van der Waals surface area contributed by atoms with Gasteiger partial charge in [0.1, 0.15) is 36.2 Å². The number of aromatic nitrogens is 1. The van der Waals surface area contributed by atoms with Gasteiger partial charge in [-0.15, -0.1) is 0 Å². The highest BCUT2D eigenvalue weighted by molar-refractivity contribution is 5.98. The minimum absolute atomic E-state index is 0.131. The van der Waals surface area contributed by atoms with Gasteiger partial charge >= 0.3 is 12.1 Å². The molecule has 0 bridgehead atoms. The van der Waals surface area contributed by atoms with Gasteiger partial charge in [-0.25, -0.2) is 14.0 Å². The van der Waals surface area contributed by atoms with Crippen LogP contribution in [0.3, 0.4) is 0 Å². The van der Waals surface area contributed by atoms with Gasteiger partial charge in [0, 0.05) is 32.4 Å². The SMILES string of the molecule is C[C@H]1COc2c(N3CCN(C)CC3)c(F)cc3c(=O)c(C(=O)OC4O[C@H](OC(=O)O)[C@@H](O)[C@H](O)[C@H]4O)cn1c23. The molecular weight excluding hydrogens is 525 g/mol. The summed E-state index contributed by atoms with van der Waals surface area (Å²) in [5.74, 6) is -1.79. The number of piperazine rings is 1. The van der Waals surface area contributed by atoms with Crippen LogP contribution in [0.15, 0.2) is 17.1 Å². The summed E-state index contributed by atoms with van der Waals surface area (Å²) in [7, 11) is 1.97. The number of carbonyl (C=O) groups excluding carboxylic acids is 1. The van der Waals surface area contributed by atoms with Gasteiger partial charge in [0.25, 0.3) is 0 Å². The zero-order chi connectivity index (χ0) is 28.2. The topological polar surface area (TPSA) is 180 Å². The smallest absolute Gasteiger partial charge is 0.487 e. The molecule has 2 fully saturated rings. The molecule has 212 valence electrons. The van der Waals surface area contributed by atoms with Gasteiger partial charge < -0.3 is 49.0 Å². The molecule has 0 aliphatic carbocycles. The molecule has 0 radical (unpaired) electrons. The van der Waals surface area contributed by atoms with Gasteiger partial charge in [-0.1, -0.05) is 0 Å². The third kappa shape index (κ3) is 4.76. The summed E-state index contributed by atoms with van der Waals surface area (Å²) in [5.41, 5.74) is -0.853. The van der Waals surface area contributed by atoms with E-state index < -0.39 is 59.8 Å². The highest BCUT2D eigenvalue weighted by atomic mass is 19.1. The molecular formula is C24H28FN3O11. The monoisotopic (exact) mass is 553 g/mol. The lowest BCUT2D eigenvalue weighted by Gasteiger charge is -2.38. The Balaban J connectivity index is 1.52. The first-order chi connectivity index (χ1) is 18.5. The molecule has 3 aliphatic rings. The Kier molecular flexibility index (Phi) is 7.11. The Hall–Kier alpha value is -3.50. The van der Waals surface area contributed by atoms with Crippen molar-refractivity contribution in [3.8, 4) is 5.75 Å². The van der Waals surface area contributed by atoms with Crippen LogP contribution in [-0.2, 0) is 14.2 Å². The fourth-order valence-electron chi connectivity index (χ4n) is 4.96. The molecule has 2 saturated heterocycles. The van der Waals surface area contributed by atoms with Crippen molar-refractivity contribution >= 4 is 28.7 Å². The Morgan fingerprint density at radius 3 is 2.33 bits per heavy atom. The van der Waals surface area contributed by atoms with Crippen LogP contribution >= 0.6 is 0 Å². The first kappa shape index (κ1) is 27.1. The Bertz CT molecular complexity index is 1360. The molecule has 39 heavy (non-hydrogen) atoms. The van der Waals surface area contributed by atoms with Gasteiger partial charge in [-0.2, -0.15) is 0 Å². The van der Waals surface area contributed by atoms with Gasteiger partial charge in [0.15, 0.2) is 11.6 Å². The summed E-state index contributed by atoms with van der Waals surface area (Å²) in [5, 5.41) is 38.8. The molecule has 1 unspecified atom stereocenters. The minimum atomic E-state index is -2.00. The lowest BCUT2D eigenvalue weighted by molar-refractivity contribution is -0.327. The van der Waals surface area contributed by atoms with Crippen molar-refractivity contribution in [1.29, 1.82) is 0 Å². The second kappa shape index (κ2) is 10.2. The maximum Gasteiger partial charge on any atom is 0.508 e. The molecule has 2 aromatic rings. The molecule has 0 saturated carbocycles. The number of benzene rings is 1. The van der Waals surface area contributed by atoms with Crippen LogP contribution in [0.25, 0.3) is 10.9 Å². The van der Waals surface area contributed by atoms with Crippen molar-refractivity contribution < 1.29 is 53.4 Å². The lowest BCUT2D eigenvalue weighted by atomic mass is 10.0. The van der Waals surface area contributed by atoms with Crippen LogP contribution in [0.5, 0.6) is 5.75 Å². The van der Waals surface area contributed by atoms with Gasteiger partial charge in [-0.05, 0) is 20.0 Å². The Morgan fingerprint density at radius 1 is 1.05 bits per heavy atom. The summed E-state index contributed by atoms with van der Waals surface area (Å²) in [6, 6.07) is 0.687. The van der Waals surface area contributed by atoms with Crippen LogP contribution in [0.4, 0.5) is 14.9 Å². The van der Waals surface area contributed by atoms with E-state index in [4.69, 9.17) is 19.3 Å². The minimum Gasteiger partial charge on any atom is -0.487 e. The average Bonchev–Trinajstić information content (AvgIpc) is 2.89. The molecule has 6 atom stereocenters. The summed E-state index contributed by atoms with van der Waals surface area (Å²) < 4.78 is 37.5. The number of hydrogen-bond donors (Lipinski definition) is 4. The van der Waals surface area contributed by atoms with Crippen molar-refractivity contribution in [3.63, 3.8) is 0 Å². The standard InChI is InChI=1S/C24H28FN3O11/c1-10-9-36-20-14-11(7-13(25)15(20)27-5-3-26(2)4-6-27)16(29)12(8-28(10)14)21(33)37-22-18(31)17(30)19(32)23(38-22)39-24(34)35/h7-8,10,17-19,22-23,30-32H,3-6,9H2,1-2H3,(H,34,35)/t10-,17+,18+,19-,22?,23+/m0/s1. The van der Waals surface area contributed by atoms with Crippen LogP contribution < -0.4 is 15.1 Å². The molecule has 4 heterocycles. The maximum atomic E-state index is 15.5. The zero-order valence-corrected chi connectivity index (χ0v) is 21.0. The van der Waals surface area contributed by atoms with Gasteiger partial charge in [0.05, 0.1) is 16.9 Å². The molecule has 15 heteroatoms. The predicted octanol–water partition coefficient (Wildman–Crippen LogP) is -0.538. The van der Waals surface area contributed by atoms with E-state index in [0.717, 1.165) is 6.07 Å². The van der Waals surface area contributed by atoms with E-state index >= 15 is 4.39 Å². The number of likely N-dealkylation sites (N-methyl/N-ethyl adjacent to an activating group) is 1. The fraction of sp³-hybridized carbons (Fsp3) is 0.542. The summed E-state index contributed by atoms with van der Waals surface area (Å²) in [6.45, 7) is 4.44. The van der Waals surface area contributed by atoms with E-state index in [1.807, 2.05) is 11.9 Å². The normalized spacial score (nSPS) is 29.1. The summed E-state index contributed by atoms with van der Waals surface area (Å²) in [6.07, 6.45) is -10.6. The van der Waals surface area contributed by atoms with Gasteiger partial charge in [0.2, 0.25) is 18.0 Å². The maximum absolute atomic E-state index is 15.5. The molecule has 5 rings (SSSR count). The van der Waals surface area contributed by atoms with E-state index in [2.05, 4.69) is 9.64 Å². The molecule has 0 amide bonds. The van der Waals surface area contributed by atoms with E-state index in [0.29, 0.717) is 31.7 Å². The van der Waals surface area contributed by atoms with Gasteiger partial charge in [-0.3, -0.25) is 9.53 Å². The number of aliphatic hydroxyl groups is 3. The van der Waals surface area contributed by atoms with Crippen LogP contribution in [0.1, 0.15) is 23.3 Å². The summed E-state index contributed by atoms with van der Waals surface area (Å²) >= 11 is 0. The highest BCUT2D eigenvalue weighted by Gasteiger charge is 2.48. The Labute approximate surface area is 220 Å². The second-order valence-electron chi connectivity index (χ2n) is 9.80. The van der Waals surface area contributed by atoms with Crippen molar-refractivity contribution in [2.75, 3.05) is 44.7 Å². The molecule has 0 spiro atoms. The van der Waals surface area contributed by atoms with Crippen molar-refractivity contribution in [2.24, 2.45) is 0 Å². The molecule has 3 aliphatic heterocycles. The predicted molar refractivity (Wildman–Crippen MR) is 129 cm³/mol. The number of esters is 1. The number of ether oxygens (including phenoxy) is 4. The molecule has 4 N–H and O–H groups in total. The third-order valence-electron chi connectivity index (χ3n) is 7.15. The summed E-state index contributed by atoms with van der Waals surface area (Å²) in [4.78, 5) is 41.3. The van der Waals surface area contributed by atoms with E-state index in [9.17, 15) is 29.7 Å². The molecule has 1 aromatic heterocycles. The van der Waals surface area contributed by atoms with Crippen LogP contribution in [0.2, 0.25) is 0 Å². The number of anilines is 1. The quantitative estimate of drug-likeness (QED) is 0.355. The van der Waals surface area contributed by atoms with E-state index in [-0.39, 0.29) is 29.5 Å². The first-order valence-electron chi connectivity index (χ1n) is 12.3. The Morgan fingerprint density at radius 2 is 1.69 bits per heavy atom. The van der Waals surface area contributed by atoms with Crippen molar-refractivity contribution in [2.45, 2.75) is 43.9 Å². The molecule has 1 aromatic carbocycles. The second-order valence-corrected chi connectivity index (χ2v) is 9.80. The average molecular weight is 553 g/mol. The lowest BCUT2D eigenvalue weighted by Crippen LogP contribution is -2.59. The highest BCUT2D eigenvalue weighted by Crippen LogP contribution is 2.42. The van der Waals surface area contributed by atoms with Crippen LogP contribution in [-0.4, -0.2) is 113 Å². The molecule has 14 nitrogen and oxygen atoms in total. The number of aliphatic hydroxyl groups excluding tert-OH is 3. The van der Waals surface area contributed by atoms with Crippen molar-refractivity contribution in [3.05, 3.63) is 33.9 Å². The number of carbonyl (C=O) groups is 2. The first-order valence-corrected chi connectivity index (χ1v) is 12.3.